The molecule has 1 aliphatic rings. The molecule has 0 aliphatic carbocycles. The van der Waals surface area contributed by atoms with E-state index in [9.17, 15) is 14.4 Å². The van der Waals surface area contributed by atoms with E-state index in [-0.39, 0.29) is 24.3 Å². The molecule has 1 aliphatic heterocycles. The first kappa shape index (κ1) is 17.7. The molecule has 7 nitrogen and oxygen atoms in total. The topological polar surface area (TPSA) is 74.7 Å². The molecule has 1 aromatic heterocycles. The highest BCUT2D eigenvalue weighted by Gasteiger charge is 2.25. The number of benzene rings is 1. The second-order valence-corrected chi connectivity index (χ2v) is 6.29. The SMILES string of the molecule is Cn1ccc(C(=O)N2CCN(C(=O)CNC(=O)c3ccccc3)CC2)c1. The lowest BCUT2D eigenvalue weighted by molar-refractivity contribution is -0.131. The van der Waals surface area contributed by atoms with Gasteiger partial charge in [-0.25, -0.2) is 0 Å². The molecule has 3 rings (SSSR count). The second kappa shape index (κ2) is 7.86. The van der Waals surface area contributed by atoms with Crippen LogP contribution in [-0.4, -0.2) is 64.8 Å². The number of hydrogen-bond acceptors (Lipinski definition) is 3. The minimum absolute atomic E-state index is 0.0184. The van der Waals surface area contributed by atoms with Gasteiger partial charge in [-0.1, -0.05) is 18.2 Å². The van der Waals surface area contributed by atoms with Crippen molar-refractivity contribution in [3.8, 4) is 0 Å². The van der Waals surface area contributed by atoms with E-state index in [0.717, 1.165) is 0 Å². The van der Waals surface area contributed by atoms with Gasteiger partial charge in [-0.2, -0.15) is 0 Å². The van der Waals surface area contributed by atoms with Gasteiger partial charge in [-0.05, 0) is 18.2 Å². The van der Waals surface area contributed by atoms with Gasteiger partial charge < -0.3 is 19.7 Å². The van der Waals surface area contributed by atoms with E-state index < -0.39 is 0 Å². The first-order chi connectivity index (χ1) is 12.5. The predicted octanol–water partition coefficient (Wildman–Crippen LogP) is 0.739. The number of rotatable bonds is 4. The number of amides is 3. The maximum atomic E-state index is 12.4. The van der Waals surface area contributed by atoms with Crippen molar-refractivity contribution in [3.05, 3.63) is 59.9 Å². The molecule has 0 spiro atoms. The number of aromatic nitrogens is 1. The molecule has 0 atom stereocenters. The first-order valence-corrected chi connectivity index (χ1v) is 8.57. The van der Waals surface area contributed by atoms with Crippen molar-refractivity contribution in [1.82, 2.24) is 19.7 Å². The Hall–Kier alpha value is -3.09. The van der Waals surface area contributed by atoms with E-state index in [1.807, 2.05) is 23.9 Å². The fraction of sp³-hybridized carbons (Fsp3) is 0.316. The molecular weight excluding hydrogens is 332 g/mol. The van der Waals surface area contributed by atoms with Crippen molar-refractivity contribution in [2.24, 2.45) is 7.05 Å². The maximum Gasteiger partial charge on any atom is 0.255 e. The summed E-state index contributed by atoms with van der Waals surface area (Å²) in [4.78, 5) is 40.1. The van der Waals surface area contributed by atoms with Crippen LogP contribution in [0.25, 0.3) is 0 Å². The third kappa shape index (κ3) is 4.11. The maximum absolute atomic E-state index is 12.4. The van der Waals surface area contributed by atoms with Crippen molar-refractivity contribution in [3.63, 3.8) is 0 Å². The van der Waals surface area contributed by atoms with Crippen LogP contribution in [0.3, 0.4) is 0 Å². The fourth-order valence-electron chi connectivity index (χ4n) is 2.93. The molecule has 1 aromatic carbocycles. The van der Waals surface area contributed by atoms with Crippen LogP contribution in [-0.2, 0) is 11.8 Å². The van der Waals surface area contributed by atoms with Crippen molar-refractivity contribution in [2.75, 3.05) is 32.7 Å². The predicted molar refractivity (Wildman–Crippen MR) is 96.7 cm³/mol. The zero-order valence-electron chi connectivity index (χ0n) is 14.7. The van der Waals surface area contributed by atoms with Crippen LogP contribution in [0.5, 0.6) is 0 Å². The largest absolute Gasteiger partial charge is 0.356 e. The summed E-state index contributed by atoms with van der Waals surface area (Å²) >= 11 is 0. The minimum atomic E-state index is -0.267. The lowest BCUT2D eigenvalue weighted by Gasteiger charge is -2.34. The molecule has 3 amide bonds. The van der Waals surface area contributed by atoms with Gasteiger partial charge in [0.1, 0.15) is 0 Å². The molecule has 1 N–H and O–H groups in total. The number of carbonyl (C=O) groups excluding carboxylic acids is 3. The highest BCUT2D eigenvalue weighted by atomic mass is 16.2. The average Bonchev–Trinajstić information content (AvgIpc) is 3.12. The van der Waals surface area contributed by atoms with Crippen molar-refractivity contribution >= 4 is 17.7 Å². The van der Waals surface area contributed by atoms with Gasteiger partial charge in [0.25, 0.3) is 11.8 Å². The Bertz CT molecular complexity index is 792. The molecule has 0 saturated carbocycles. The van der Waals surface area contributed by atoms with Crippen LogP contribution in [0.4, 0.5) is 0 Å². The number of aryl methyl sites for hydroxylation is 1. The molecule has 0 radical (unpaired) electrons. The Balaban J connectivity index is 1.46. The highest BCUT2D eigenvalue weighted by Crippen LogP contribution is 2.09. The zero-order chi connectivity index (χ0) is 18.5. The van der Waals surface area contributed by atoms with Gasteiger partial charge >= 0.3 is 0 Å². The summed E-state index contributed by atoms with van der Waals surface area (Å²) in [5, 5.41) is 2.65. The molecule has 2 heterocycles. The van der Waals surface area contributed by atoms with E-state index >= 15 is 0 Å². The van der Waals surface area contributed by atoms with E-state index in [1.165, 1.54) is 0 Å². The smallest absolute Gasteiger partial charge is 0.255 e. The third-order valence-corrected chi connectivity index (χ3v) is 4.43. The Morgan fingerprint density at radius 1 is 0.923 bits per heavy atom. The molecular formula is C19H22N4O3. The summed E-state index contributed by atoms with van der Waals surface area (Å²) in [7, 11) is 1.87. The van der Waals surface area contributed by atoms with E-state index in [2.05, 4.69) is 5.32 Å². The number of nitrogens with one attached hydrogen (secondary N) is 1. The lowest BCUT2D eigenvalue weighted by atomic mass is 10.2. The van der Waals surface area contributed by atoms with E-state index in [1.54, 1.807) is 46.3 Å². The Labute approximate surface area is 152 Å². The molecule has 0 bridgehead atoms. The van der Waals surface area contributed by atoms with Crippen LogP contribution in [0.2, 0.25) is 0 Å². The zero-order valence-corrected chi connectivity index (χ0v) is 14.7. The summed E-state index contributed by atoms with van der Waals surface area (Å²) < 4.78 is 1.84. The quantitative estimate of drug-likeness (QED) is 0.880. The summed E-state index contributed by atoms with van der Waals surface area (Å²) in [5.41, 5.74) is 1.18. The Morgan fingerprint density at radius 2 is 1.58 bits per heavy atom. The van der Waals surface area contributed by atoms with Crippen molar-refractivity contribution in [1.29, 1.82) is 0 Å². The summed E-state index contributed by atoms with van der Waals surface area (Å²) in [6.45, 7) is 1.88. The number of hydrogen-bond donors (Lipinski definition) is 1. The molecule has 1 fully saturated rings. The van der Waals surface area contributed by atoms with Crippen LogP contribution in [0.1, 0.15) is 20.7 Å². The molecule has 2 aromatic rings. The van der Waals surface area contributed by atoms with E-state index in [4.69, 9.17) is 0 Å². The van der Waals surface area contributed by atoms with Crippen LogP contribution < -0.4 is 5.32 Å². The molecule has 7 heteroatoms. The molecule has 0 unspecified atom stereocenters. The number of nitrogens with zero attached hydrogens (tertiary/aromatic N) is 3. The Morgan fingerprint density at radius 3 is 2.19 bits per heavy atom. The van der Waals surface area contributed by atoms with Crippen LogP contribution in [0, 0.1) is 0 Å². The van der Waals surface area contributed by atoms with Gasteiger partial charge in [0, 0.05) is 51.2 Å². The minimum Gasteiger partial charge on any atom is -0.356 e. The Kier molecular flexibility index (Phi) is 5.36. The number of piperazine rings is 1. The van der Waals surface area contributed by atoms with Gasteiger partial charge in [-0.3, -0.25) is 14.4 Å². The highest BCUT2D eigenvalue weighted by molar-refractivity contribution is 5.96. The average molecular weight is 354 g/mol. The number of carbonyl (C=O) groups is 3. The van der Waals surface area contributed by atoms with E-state index in [0.29, 0.717) is 37.3 Å². The third-order valence-electron chi connectivity index (χ3n) is 4.43. The fourth-order valence-corrected chi connectivity index (χ4v) is 2.93. The monoisotopic (exact) mass is 354 g/mol. The standard InChI is InChI=1S/C19H22N4O3/c1-21-8-7-16(14-21)19(26)23-11-9-22(10-12-23)17(24)13-20-18(25)15-5-3-2-4-6-15/h2-8,14H,9-13H2,1H3,(H,20,25). The van der Waals surface area contributed by atoms with Crippen molar-refractivity contribution < 1.29 is 14.4 Å². The van der Waals surface area contributed by atoms with Crippen molar-refractivity contribution in [2.45, 2.75) is 0 Å². The summed E-state index contributed by atoms with van der Waals surface area (Å²) in [6.07, 6.45) is 3.63. The van der Waals surface area contributed by atoms with Gasteiger partial charge in [0.15, 0.2) is 0 Å². The second-order valence-electron chi connectivity index (χ2n) is 6.29. The van der Waals surface area contributed by atoms with Gasteiger partial charge in [0.05, 0.1) is 12.1 Å². The van der Waals surface area contributed by atoms with Gasteiger partial charge in [-0.15, -0.1) is 0 Å². The van der Waals surface area contributed by atoms with Gasteiger partial charge in [0.2, 0.25) is 5.91 Å². The normalized spacial score (nSPS) is 14.2. The van der Waals surface area contributed by atoms with Crippen LogP contribution in [0.15, 0.2) is 48.8 Å². The summed E-state index contributed by atoms with van der Waals surface area (Å²) in [5.74, 6) is -0.423. The first-order valence-electron chi connectivity index (χ1n) is 8.57. The van der Waals surface area contributed by atoms with Crippen LogP contribution >= 0.6 is 0 Å². The summed E-state index contributed by atoms with van der Waals surface area (Å²) in [6, 6.07) is 10.6. The lowest BCUT2D eigenvalue weighted by Crippen LogP contribution is -2.52. The molecule has 26 heavy (non-hydrogen) atoms. The molecule has 136 valence electrons. The molecule has 1 saturated heterocycles.